The molecule has 1 N–H and O–H groups in total. The molecule has 0 heterocycles. The van der Waals surface area contributed by atoms with E-state index in [0.717, 1.165) is 31.4 Å². The fraction of sp³-hybridized carbons (Fsp3) is 0.684. The normalized spacial score (nSPS) is 24.5. The van der Waals surface area contributed by atoms with Crippen LogP contribution in [0, 0.1) is 5.41 Å². The summed E-state index contributed by atoms with van der Waals surface area (Å²) < 4.78 is 6.16. The van der Waals surface area contributed by atoms with Crippen molar-refractivity contribution in [1.29, 1.82) is 0 Å². The van der Waals surface area contributed by atoms with Crippen LogP contribution in [0.5, 0.6) is 5.75 Å². The van der Waals surface area contributed by atoms with Gasteiger partial charge in [-0.2, -0.15) is 0 Å². The van der Waals surface area contributed by atoms with Gasteiger partial charge in [0, 0.05) is 11.8 Å². The molecule has 0 aliphatic heterocycles. The van der Waals surface area contributed by atoms with Gasteiger partial charge in [-0.05, 0) is 42.4 Å². The van der Waals surface area contributed by atoms with Gasteiger partial charge < -0.3 is 9.84 Å². The number of aliphatic hydroxyl groups is 1. The highest BCUT2D eigenvalue weighted by Crippen LogP contribution is 2.49. The highest BCUT2D eigenvalue weighted by molar-refractivity contribution is 5.32. The van der Waals surface area contributed by atoms with Gasteiger partial charge in [-0.15, -0.1) is 0 Å². The maximum atomic E-state index is 10.1. The number of rotatable bonds is 6. The molecule has 0 radical (unpaired) electrons. The zero-order chi connectivity index (χ0) is 15.7. The van der Waals surface area contributed by atoms with Gasteiger partial charge in [-0.25, -0.2) is 0 Å². The summed E-state index contributed by atoms with van der Waals surface area (Å²) in [5.41, 5.74) is 1.51. The number of benzene rings is 1. The van der Waals surface area contributed by atoms with E-state index in [1.165, 1.54) is 5.56 Å². The van der Waals surface area contributed by atoms with Crippen LogP contribution in [-0.2, 0) is 5.41 Å². The van der Waals surface area contributed by atoms with Gasteiger partial charge in [-0.1, -0.05) is 46.8 Å². The lowest BCUT2D eigenvalue weighted by Crippen LogP contribution is -2.59. The highest BCUT2D eigenvalue weighted by Gasteiger charge is 2.53. The molecule has 1 saturated carbocycles. The number of hydrogen-bond donors (Lipinski definition) is 1. The Bertz CT molecular complexity index is 457. The van der Waals surface area contributed by atoms with Crippen molar-refractivity contribution >= 4 is 0 Å². The van der Waals surface area contributed by atoms with E-state index in [1.54, 1.807) is 0 Å². The molecule has 0 saturated heterocycles. The maximum absolute atomic E-state index is 10.1. The maximum Gasteiger partial charge on any atom is 0.119 e. The van der Waals surface area contributed by atoms with Crippen molar-refractivity contribution in [2.75, 3.05) is 0 Å². The molecular weight excluding hydrogens is 260 g/mol. The molecule has 2 heteroatoms. The molecule has 2 nitrogen and oxygen atoms in total. The Morgan fingerprint density at radius 3 is 2.14 bits per heavy atom. The zero-order valence-corrected chi connectivity index (χ0v) is 14.1. The van der Waals surface area contributed by atoms with E-state index >= 15 is 0 Å². The SMILES string of the molecule is CCC(C)(C)c1ccc(OC2CC(O)C2(CC)CC)cc1. The van der Waals surface area contributed by atoms with E-state index in [2.05, 4.69) is 58.9 Å². The predicted octanol–water partition coefficient (Wildman–Crippen LogP) is 4.69. The lowest BCUT2D eigenvalue weighted by Gasteiger charge is -2.52. The Morgan fingerprint density at radius 2 is 1.71 bits per heavy atom. The molecule has 2 unspecified atom stereocenters. The lowest BCUT2D eigenvalue weighted by atomic mass is 9.60. The molecule has 118 valence electrons. The summed E-state index contributed by atoms with van der Waals surface area (Å²) in [5.74, 6) is 0.925. The molecule has 1 aromatic rings. The minimum absolute atomic E-state index is 0.0542. The van der Waals surface area contributed by atoms with Crippen molar-refractivity contribution in [2.24, 2.45) is 5.41 Å². The van der Waals surface area contributed by atoms with Crippen molar-refractivity contribution in [3.8, 4) is 5.75 Å². The fourth-order valence-electron chi connectivity index (χ4n) is 3.42. The summed E-state index contributed by atoms with van der Waals surface area (Å²) >= 11 is 0. The predicted molar refractivity (Wildman–Crippen MR) is 87.8 cm³/mol. The molecule has 2 atom stereocenters. The smallest absolute Gasteiger partial charge is 0.119 e. The summed E-state index contributed by atoms with van der Waals surface area (Å²) in [6.07, 6.45) is 3.75. The molecule has 0 aromatic heterocycles. The largest absolute Gasteiger partial charge is 0.490 e. The van der Waals surface area contributed by atoms with Crippen LogP contribution in [-0.4, -0.2) is 17.3 Å². The van der Waals surface area contributed by atoms with Crippen LogP contribution in [0.2, 0.25) is 0 Å². The minimum atomic E-state index is -0.212. The van der Waals surface area contributed by atoms with Crippen molar-refractivity contribution in [1.82, 2.24) is 0 Å². The summed E-state index contributed by atoms with van der Waals surface area (Å²) in [5, 5.41) is 10.1. The van der Waals surface area contributed by atoms with E-state index in [9.17, 15) is 5.11 Å². The molecule has 0 bridgehead atoms. The standard InChI is InChI=1S/C19H30O2/c1-6-18(4,5)14-9-11-15(12-10-14)21-17-13-16(20)19(17,7-2)8-3/h9-12,16-17,20H,6-8,13H2,1-5H3. The number of ether oxygens (including phenoxy) is 1. The minimum Gasteiger partial charge on any atom is -0.490 e. The Kier molecular flexibility index (Phi) is 4.67. The second-order valence-corrected chi connectivity index (χ2v) is 7.06. The van der Waals surface area contributed by atoms with Gasteiger partial charge in [0.05, 0.1) is 6.10 Å². The van der Waals surface area contributed by atoms with E-state index < -0.39 is 0 Å². The van der Waals surface area contributed by atoms with E-state index in [0.29, 0.717) is 0 Å². The van der Waals surface area contributed by atoms with E-state index in [1.807, 2.05) is 0 Å². The monoisotopic (exact) mass is 290 g/mol. The molecule has 0 amide bonds. The Hall–Kier alpha value is -1.02. The van der Waals surface area contributed by atoms with Gasteiger partial charge in [0.25, 0.3) is 0 Å². The molecule has 1 aromatic carbocycles. The molecular formula is C19H30O2. The Labute approximate surface area is 129 Å². The first-order valence-corrected chi connectivity index (χ1v) is 8.35. The molecule has 1 aliphatic carbocycles. The van der Waals surface area contributed by atoms with Crippen molar-refractivity contribution < 1.29 is 9.84 Å². The van der Waals surface area contributed by atoms with E-state index in [4.69, 9.17) is 4.74 Å². The molecule has 1 fully saturated rings. The van der Waals surface area contributed by atoms with Crippen molar-refractivity contribution in [2.45, 2.75) is 77.9 Å². The lowest BCUT2D eigenvalue weighted by molar-refractivity contribution is -0.159. The van der Waals surface area contributed by atoms with Crippen LogP contribution >= 0.6 is 0 Å². The van der Waals surface area contributed by atoms with Crippen LogP contribution in [0.1, 0.15) is 65.9 Å². The molecule has 1 aliphatic rings. The van der Waals surface area contributed by atoms with Gasteiger partial charge in [0.1, 0.15) is 11.9 Å². The first kappa shape index (κ1) is 16.4. The van der Waals surface area contributed by atoms with Gasteiger partial charge in [0.15, 0.2) is 0 Å². The summed E-state index contributed by atoms with van der Waals surface area (Å²) in [6, 6.07) is 8.50. The van der Waals surface area contributed by atoms with Crippen molar-refractivity contribution in [3.05, 3.63) is 29.8 Å². The first-order chi connectivity index (χ1) is 9.89. The Morgan fingerprint density at radius 1 is 1.14 bits per heavy atom. The van der Waals surface area contributed by atoms with Crippen LogP contribution in [0.4, 0.5) is 0 Å². The third-order valence-electron chi connectivity index (χ3n) is 5.86. The second kappa shape index (κ2) is 6.00. The second-order valence-electron chi connectivity index (χ2n) is 7.06. The average molecular weight is 290 g/mol. The number of aliphatic hydroxyl groups excluding tert-OH is 1. The zero-order valence-electron chi connectivity index (χ0n) is 14.1. The van der Waals surface area contributed by atoms with Gasteiger partial charge in [0.2, 0.25) is 0 Å². The fourth-order valence-corrected chi connectivity index (χ4v) is 3.42. The van der Waals surface area contributed by atoms with Crippen LogP contribution in [0.15, 0.2) is 24.3 Å². The quantitative estimate of drug-likeness (QED) is 0.823. The first-order valence-electron chi connectivity index (χ1n) is 8.35. The highest BCUT2D eigenvalue weighted by atomic mass is 16.5. The Balaban J connectivity index is 2.08. The third kappa shape index (κ3) is 2.83. The third-order valence-corrected chi connectivity index (χ3v) is 5.86. The average Bonchev–Trinajstić information content (AvgIpc) is 2.49. The van der Waals surface area contributed by atoms with E-state index in [-0.39, 0.29) is 23.0 Å². The number of hydrogen-bond acceptors (Lipinski definition) is 2. The topological polar surface area (TPSA) is 29.5 Å². The molecule has 21 heavy (non-hydrogen) atoms. The molecule has 0 spiro atoms. The molecule has 2 rings (SSSR count). The summed E-state index contributed by atoms with van der Waals surface area (Å²) in [4.78, 5) is 0. The summed E-state index contributed by atoms with van der Waals surface area (Å²) in [6.45, 7) is 11.1. The summed E-state index contributed by atoms with van der Waals surface area (Å²) in [7, 11) is 0. The van der Waals surface area contributed by atoms with Crippen LogP contribution < -0.4 is 4.74 Å². The van der Waals surface area contributed by atoms with Crippen LogP contribution in [0.3, 0.4) is 0 Å². The van der Waals surface area contributed by atoms with Gasteiger partial charge >= 0.3 is 0 Å². The van der Waals surface area contributed by atoms with Crippen molar-refractivity contribution in [3.63, 3.8) is 0 Å². The van der Waals surface area contributed by atoms with Crippen LogP contribution in [0.25, 0.3) is 0 Å². The van der Waals surface area contributed by atoms with Gasteiger partial charge in [-0.3, -0.25) is 0 Å².